The summed E-state index contributed by atoms with van der Waals surface area (Å²) in [4.78, 5) is 0. The first-order valence-electron chi connectivity index (χ1n) is 3.75. The quantitative estimate of drug-likeness (QED) is 0.414. The lowest BCUT2D eigenvalue weighted by Crippen LogP contribution is -1.95. The van der Waals surface area contributed by atoms with Gasteiger partial charge >= 0.3 is 0 Å². The molecule has 0 aliphatic rings. The van der Waals surface area contributed by atoms with Crippen LogP contribution in [-0.2, 0) is 0 Å². The third-order valence-electron chi connectivity index (χ3n) is 1.75. The van der Waals surface area contributed by atoms with Crippen LogP contribution < -0.4 is 4.74 Å². The third-order valence-corrected chi connectivity index (χ3v) is 1.75. The Balaban J connectivity index is 3.13. The van der Waals surface area contributed by atoms with Crippen LogP contribution in [0.5, 0.6) is 11.5 Å². The number of hydrogen-bond donors (Lipinski definition) is 2. The van der Waals surface area contributed by atoms with Gasteiger partial charge in [-0.05, 0) is 25.1 Å². The highest BCUT2D eigenvalue weighted by Gasteiger charge is 2.04. The Labute approximate surface area is 76.1 Å². The molecular weight excluding hydrogens is 170 g/mol. The molecule has 0 saturated heterocycles. The summed E-state index contributed by atoms with van der Waals surface area (Å²) in [6.45, 7) is 1.66. The van der Waals surface area contributed by atoms with Gasteiger partial charge in [-0.2, -0.15) is 0 Å². The van der Waals surface area contributed by atoms with E-state index in [4.69, 9.17) is 9.94 Å². The molecule has 70 valence electrons. The van der Waals surface area contributed by atoms with Crippen molar-refractivity contribution in [3.63, 3.8) is 0 Å². The smallest absolute Gasteiger partial charge is 0.161 e. The van der Waals surface area contributed by atoms with Gasteiger partial charge in [0.05, 0.1) is 12.8 Å². The van der Waals surface area contributed by atoms with Gasteiger partial charge in [-0.1, -0.05) is 5.16 Å². The molecule has 0 atom stereocenters. The normalized spacial score (nSPS) is 11.4. The van der Waals surface area contributed by atoms with Gasteiger partial charge in [0, 0.05) is 5.56 Å². The summed E-state index contributed by atoms with van der Waals surface area (Å²) >= 11 is 0. The number of methoxy groups -OCH3 is 1. The van der Waals surface area contributed by atoms with Gasteiger partial charge in [0.1, 0.15) is 0 Å². The average Bonchev–Trinajstić information content (AvgIpc) is 2.17. The highest BCUT2D eigenvalue weighted by atomic mass is 16.5. The summed E-state index contributed by atoms with van der Waals surface area (Å²) < 4.78 is 4.89. The number of rotatable bonds is 2. The molecule has 4 heteroatoms. The maximum absolute atomic E-state index is 9.26. The number of nitrogens with zero attached hydrogens (tertiary/aromatic N) is 1. The lowest BCUT2D eigenvalue weighted by Gasteiger charge is -2.04. The maximum Gasteiger partial charge on any atom is 0.161 e. The second kappa shape index (κ2) is 3.80. The predicted octanol–water partition coefficient (Wildman–Crippen LogP) is 1.60. The second-order valence-electron chi connectivity index (χ2n) is 2.57. The first-order valence-corrected chi connectivity index (χ1v) is 3.75. The molecular formula is C9H11NO3. The van der Waals surface area contributed by atoms with Crippen LogP contribution in [0.1, 0.15) is 12.5 Å². The van der Waals surface area contributed by atoms with Crippen molar-refractivity contribution in [1.29, 1.82) is 0 Å². The Hall–Kier alpha value is -1.71. The van der Waals surface area contributed by atoms with Crippen LogP contribution in [0.3, 0.4) is 0 Å². The van der Waals surface area contributed by atoms with Gasteiger partial charge in [0.25, 0.3) is 0 Å². The van der Waals surface area contributed by atoms with Gasteiger partial charge in [-0.25, -0.2) is 0 Å². The zero-order valence-corrected chi connectivity index (χ0v) is 7.48. The average molecular weight is 181 g/mol. The molecule has 13 heavy (non-hydrogen) atoms. The third kappa shape index (κ3) is 1.90. The zero-order valence-electron chi connectivity index (χ0n) is 7.48. The molecule has 0 heterocycles. The predicted molar refractivity (Wildman–Crippen MR) is 48.7 cm³/mol. The van der Waals surface area contributed by atoms with Crippen LogP contribution in [0.15, 0.2) is 23.4 Å². The summed E-state index contributed by atoms with van der Waals surface area (Å²) in [5.74, 6) is 0.428. The number of phenols is 1. The molecule has 1 rings (SSSR count). The van der Waals surface area contributed by atoms with Crippen molar-refractivity contribution >= 4 is 5.71 Å². The largest absolute Gasteiger partial charge is 0.504 e. The molecule has 0 spiro atoms. The highest BCUT2D eigenvalue weighted by Crippen LogP contribution is 2.26. The topological polar surface area (TPSA) is 62.0 Å². The Bertz CT molecular complexity index is 334. The van der Waals surface area contributed by atoms with Crippen LogP contribution in [0, 0.1) is 0 Å². The first-order chi connectivity index (χ1) is 6.19. The minimum absolute atomic E-state index is 0.0667. The summed E-state index contributed by atoms with van der Waals surface area (Å²) in [5.41, 5.74) is 1.18. The van der Waals surface area contributed by atoms with Crippen LogP contribution in [-0.4, -0.2) is 23.1 Å². The minimum atomic E-state index is 0.0667. The molecule has 0 aliphatic heterocycles. The lowest BCUT2D eigenvalue weighted by atomic mass is 10.1. The fourth-order valence-electron chi connectivity index (χ4n) is 0.960. The molecule has 0 saturated carbocycles. The first kappa shape index (κ1) is 9.38. The molecule has 0 amide bonds. The Morgan fingerprint density at radius 3 is 2.69 bits per heavy atom. The van der Waals surface area contributed by atoms with E-state index in [9.17, 15) is 5.11 Å². The van der Waals surface area contributed by atoms with Crippen molar-refractivity contribution in [3.05, 3.63) is 23.8 Å². The molecule has 2 N–H and O–H groups in total. The van der Waals surface area contributed by atoms with E-state index in [0.717, 1.165) is 0 Å². The molecule has 0 bridgehead atoms. The number of hydrogen-bond acceptors (Lipinski definition) is 4. The summed E-state index contributed by atoms with van der Waals surface area (Å²) in [7, 11) is 1.46. The van der Waals surface area contributed by atoms with Crippen LogP contribution in [0.2, 0.25) is 0 Å². The van der Waals surface area contributed by atoms with Crippen molar-refractivity contribution < 1.29 is 15.1 Å². The van der Waals surface area contributed by atoms with Crippen molar-refractivity contribution in [2.24, 2.45) is 5.16 Å². The number of phenolic OH excluding ortho intramolecular Hbond substituents is 1. The highest BCUT2D eigenvalue weighted by molar-refractivity contribution is 5.98. The van der Waals surface area contributed by atoms with Crippen LogP contribution >= 0.6 is 0 Å². The molecule has 1 aromatic carbocycles. The molecule has 0 aliphatic carbocycles. The van der Waals surface area contributed by atoms with Crippen molar-refractivity contribution in [3.8, 4) is 11.5 Å². The van der Waals surface area contributed by atoms with Crippen LogP contribution in [0.25, 0.3) is 0 Å². The molecule has 0 unspecified atom stereocenters. The Morgan fingerprint density at radius 1 is 1.46 bits per heavy atom. The van der Waals surface area contributed by atoms with Gasteiger partial charge in [-0.3, -0.25) is 0 Å². The van der Waals surface area contributed by atoms with Gasteiger partial charge in [0.15, 0.2) is 11.5 Å². The molecule has 0 aromatic heterocycles. The lowest BCUT2D eigenvalue weighted by molar-refractivity contribution is 0.319. The molecule has 0 radical (unpaired) electrons. The standard InChI is InChI=1S/C9H11NO3/c1-6(10-12)7-3-4-8(11)9(5-7)13-2/h3-5,11-12H,1-2H3. The van der Waals surface area contributed by atoms with Gasteiger partial charge < -0.3 is 15.1 Å². The van der Waals surface area contributed by atoms with E-state index in [1.807, 2.05) is 0 Å². The van der Waals surface area contributed by atoms with E-state index in [1.54, 1.807) is 19.1 Å². The number of ether oxygens (including phenoxy) is 1. The maximum atomic E-state index is 9.26. The fraction of sp³-hybridized carbons (Fsp3) is 0.222. The monoisotopic (exact) mass is 181 g/mol. The fourth-order valence-corrected chi connectivity index (χ4v) is 0.960. The van der Waals surface area contributed by atoms with Gasteiger partial charge in [-0.15, -0.1) is 0 Å². The van der Waals surface area contributed by atoms with E-state index >= 15 is 0 Å². The van der Waals surface area contributed by atoms with E-state index < -0.39 is 0 Å². The van der Waals surface area contributed by atoms with Crippen molar-refractivity contribution in [2.45, 2.75) is 6.92 Å². The summed E-state index contributed by atoms with van der Waals surface area (Å²) in [6, 6.07) is 4.74. The number of benzene rings is 1. The Kier molecular flexibility index (Phi) is 2.74. The van der Waals surface area contributed by atoms with Crippen LogP contribution in [0.4, 0.5) is 0 Å². The summed E-state index contributed by atoms with van der Waals surface area (Å²) in [5, 5.41) is 20.8. The second-order valence-corrected chi connectivity index (χ2v) is 2.57. The number of oxime groups is 1. The van der Waals surface area contributed by atoms with Crippen molar-refractivity contribution in [1.82, 2.24) is 0 Å². The van der Waals surface area contributed by atoms with Crippen molar-refractivity contribution in [2.75, 3.05) is 7.11 Å². The van der Waals surface area contributed by atoms with Gasteiger partial charge in [0.2, 0.25) is 0 Å². The number of aromatic hydroxyl groups is 1. The zero-order chi connectivity index (χ0) is 9.84. The van der Waals surface area contributed by atoms with E-state index in [0.29, 0.717) is 17.0 Å². The molecule has 0 fully saturated rings. The molecule has 1 aromatic rings. The Morgan fingerprint density at radius 2 is 2.15 bits per heavy atom. The molecule has 4 nitrogen and oxygen atoms in total. The summed E-state index contributed by atoms with van der Waals surface area (Å²) in [6.07, 6.45) is 0. The van der Waals surface area contributed by atoms with E-state index in [1.165, 1.54) is 13.2 Å². The SMILES string of the molecule is COc1cc(C(C)=NO)ccc1O. The minimum Gasteiger partial charge on any atom is -0.504 e. The van der Waals surface area contributed by atoms with E-state index in [2.05, 4.69) is 5.16 Å². The van der Waals surface area contributed by atoms with E-state index in [-0.39, 0.29) is 5.75 Å².